The molecule has 154 valence electrons. The van der Waals surface area contributed by atoms with Gasteiger partial charge in [-0.2, -0.15) is 0 Å². The van der Waals surface area contributed by atoms with E-state index in [-0.39, 0.29) is 17.8 Å². The molecule has 3 amide bonds. The van der Waals surface area contributed by atoms with Gasteiger partial charge in [0.2, 0.25) is 5.91 Å². The summed E-state index contributed by atoms with van der Waals surface area (Å²) in [5.74, 6) is 0.167. The normalized spacial score (nSPS) is 20.6. The Morgan fingerprint density at radius 3 is 2.71 bits per heavy atom. The van der Waals surface area contributed by atoms with Gasteiger partial charge >= 0.3 is 6.03 Å². The van der Waals surface area contributed by atoms with E-state index in [1.54, 1.807) is 18.1 Å². The molecule has 28 heavy (non-hydrogen) atoms. The number of benzene rings is 1. The van der Waals surface area contributed by atoms with E-state index in [0.717, 1.165) is 31.5 Å². The topological polar surface area (TPSA) is 73.9 Å². The molecule has 8 heteroatoms. The Morgan fingerprint density at radius 1 is 1.32 bits per heavy atom. The van der Waals surface area contributed by atoms with Crippen LogP contribution in [-0.4, -0.2) is 74.2 Å². The van der Waals surface area contributed by atoms with Crippen LogP contribution in [0.2, 0.25) is 0 Å². The lowest BCUT2D eigenvalue weighted by Gasteiger charge is -2.35. The first-order valence-corrected chi connectivity index (χ1v) is 9.84. The third-order valence-corrected chi connectivity index (χ3v) is 5.48. The van der Waals surface area contributed by atoms with Gasteiger partial charge in [0.25, 0.3) is 0 Å². The van der Waals surface area contributed by atoms with Gasteiger partial charge < -0.3 is 20.3 Å². The Bertz CT molecular complexity index is 679. The second kappa shape index (κ2) is 9.84. The van der Waals surface area contributed by atoms with Gasteiger partial charge in [-0.25, -0.2) is 9.18 Å². The van der Waals surface area contributed by atoms with Crippen LogP contribution in [0.4, 0.5) is 9.18 Å². The molecular formula is C20H29FN4O3. The van der Waals surface area contributed by atoms with Crippen LogP contribution in [0, 0.1) is 11.7 Å². The fourth-order valence-corrected chi connectivity index (χ4v) is 3.82. The lowest BCUT2D eigenvalue weighted by molar-refractivity contribution is -0.134. The monoisotopic (exact) mass is 392 g/mol. The minimum absolute atomic E-state index is 0.0656. The molecule has 2 aliphatic heterocycles. The third-order valence-electron chi connectivity index (χ3n) is 5.48. The van der Waals surface area contributed by atoms with Crippen LogP contribution in [0.25, 0.3) is 0 Å². The highest BCUT2D eigenvalue weighted by Gasteiger charge is 2.32. The molecule has 0 radical (unpaired) electrons. The Balaban J connectivity index is 1.51. The quantitative estimate of drug-likeness (QED) is 0.697. The second-order valence-electron chi connectivity index (χ2n) is 7.49. The van der Waals surface area contributed by atoms with Crippen LogP contribution in [0.15, 0.2) is 24.3 Å². The van der Waals surface area contributed by atoms with Gasteiger partial charge in [0, 0.05) is 38.9 Å². The summed E-state index contributed by atoms with van der Waals surface area (Å²) in [5.41, 5.74) is 0.724. The predicted octanol–water partition coefficient (Wildman–Crippen LogP) is 1.19. The van der Waals surface area contributed by atoms with Crippen LogP contribution in [0.5, 0.6) is 0 Å². The Kier molecular flexibility index (Phi) is 7.22. The summed E-state index contributed by atoms with van der Waals surface area (Å²) in [7, 11) is 1.61. The molecule has 2 fully saturated rings. The average molecular weight is 392 g/mol. The maximum atomic E-state index is 13.9. The number of amides is 3. The molecule has 2 heterocycles. The minimum atomic E-state index is -0.509. The average Bonchev–Trinajstić information content (AvgIpc) is 3.14. The molecule has 1 aromatic rings. The van der Waals surface area contributed by atoms with Gasteiger partial charge in [-0.05, 0) is 37.9 Å². The maximum Gasteiger partial charge on any atom is 0.315 e. The summed E-state index contributed by atoms with van der Waals surface area (Å²) >= 11 is 0. The van der Waals surface area contributed by atoms with E-state index in [9.17, 15) is 14.0 Å². The molecule has 2 aliphatic rings. The van der Waals surface area contributed by atoms with E-state index in [4.69, 9.17) is 4.74 Å². The summed E-state index contributed by atoms with van der Waals surface area (Å²) in [5, 5.41) is 5.29. The zero-order valence-electron chi connectivity index (χ0n) is 16.3. The van der Waals surface area contributed by atoms with Crippen molar-refractivity contribution in [2.24, 2.45) is 5.92 Å². The molecule has 2 N–H and O–H groups in total. The first-order chi connectivity index (χ1) is 13.6. The van der Waals surface area contributed by atoms with Crippen molar-refractivity contribution in [1.29, 1.82) is 0 Å². The lowest BCUT2D eigenvalue weighted by atomic mass is 9.95. The summed E-state index contributed by atoms with van der Waals surface area (Å²) in [6, 6.07) is 6.09. The van der Waals surface area contributed by atoms with Gasteiger partial charge in [-0.1, -0.05) is 18.2 Å². The number of rotatable bonds is 8. The van der Waals surface area contributed by atoms with E-state index < -0.39 is 6.04 Å². The first kappa shape index (κ1) is 20.5. The number of ether oxygens (including phenoxy) is 1. The standard InChI is InChI=1S/C20H29FN4O3/c1-28-11-10-25(19(26)18-12-22-20(27)23-18)13-15-6-8-24(9-7-15)14-16-4-2-3-5-17(16)21/h2-5,15,18H,6-14H2,1H3,(H2,22,23,27)/t18-/m0/s1. The summed E-state index contributed by atoms with van der Waals surface area (Å²) in [4.78, 5) is 28.2. The Labute approximate surface area is 165 Å². The van der Waals surface area contributed by atoms with Crippen LogP contribution < -0.4 is 10.6 Å². The van der Waals surface area contributed by atoms with Crippen LogP contribution in [0.1, 0.15) is 18.4 Å². The van der Waals surface area contributed by atoms with Crippen molar-refractivity contribution in [2.45, 2.75) is 25.4 Å². The molecule has 0 spiro atoms. The maximum absolute atomic E-state index is 13.9. The van der Waals surface area contributed by atoms with E-state index in [1.165, 1.54) is 6.07 Å². The van der Waals surface area contributed by atoms with E-state index >= 15 is 0 Å². The number of carbonyl (C=O) groups excluding carboxylic acids is 2. The van der Waals surface area contributed by atoms with Crippen molar-refractivity contribution in [2.75, 3.05) is 46.4 Å². The fraction of sp³-hybridized carbons (Fsp3) is 0.600. The number of methoxy groups -OCH3 is 1. The van der Waals surface area contributed by atoms with Crippen molar-refractivity contribution in [3.8, 4) is 0 Å². The fourth-order valence-electron chi connectivity index (χ4n) is 3.82. The highest BCUT2D eigenvalue weighted by Crippen LogP contribution is 2.21. The van der Waals surface area contributed by atoms with E-state index in [0.29, 0.717) is 38.7 Å². The van der Waals surface area contributed by atoms with Crippen molar-refractivity contribution >= 4 is 11.9 Å². The van der Waals surface area contributed by atoms with Gasteiger partial charge in [-0.15, -0.1) is 0 Å². The molecule has 0 saturated carbocycles. The van der Waals surface area contributed by atoms with Crippen molar-refractivity contribution in [1.82, 2.24) is 20.4 Å². The third kappa shape index (κ3) is 5.42. The molecule has 0 aliphatic carbocycles. The number of hydrogen-bond donors (Lipinski definition) is 2. The van der Waals surface area contributed by atoms with Gasteiger partial charge in [0.15, 0.2) is 0 Å². The van der Waals surface area contributed by atoms with E-state index in [1.807, 2.05) is 12.1 Å². The molecule has 0 unspecified atom stereocenters. The lowest BCUT2D eigenvalue weighted by Crippen LogP contribution is -2.49. The number of likely N-dealkylation sites (tertiary alicyclic amines) is 1. The highest BCUT2D eigenvalue weighted by atomic mass is 19.1. The van der Waals surface area contributed by atoms with Crippen LogP contribution in [-0.2, 0) is 16.1 Å². The first-order valence-electron chi connectivity index (χ1n) is 9.84. The van der Waals surface area contributed by atoms with Crippen LogP contribution in [0.3, 0.4) is 0 Å². The number of urea groups is 1. The Morgan fingerprint density at radius 2 is 2.07 bits per heavy atom. The number of hydrogen-bond acceptors (Lipinski definition) is 4. The number of piperidine rings is 1. The van der Waals surface area contributed by atoms with Crippen molar-refractivity contribution in [3.63, 3.8) is 0 Å². The van der Waals surface area contributed by atoms with Crippen LogP contribution >= 0.6 is 0 Å². The van der Waals surface area contributed by atoms with Crippen molar-refractivity contribution in [3.05, 3.63) is 35.6 Å². The van der Waals surface area contributed by atoms with Gasteiger partial charge in [-0.3, -0.25) is 9.69 Å². The SMILES string of the molecule is COCCN(CC1CCN(Cc2ccccc2F)CC1)C(=O)[C@@H]1CNC(=O)N1. The number of halogens is 1. The smallest absolute Gasteiger partial charge is 0.315 e. The minimum Gasteiger partial charge on any atom is -0.383 e. The summed E-state index contributed by atoms with van der Waals surface area (Å²) < 4.78 is 19.0. The second-order valence-corrected chi connectivity index (χ2v) is 7.49. The Hall–Kier alpha value is -2.19. The van der Waals surface area contributed by atoms with Crippen molar-refractivity contribution < 1.29 is 18.7 Å². The van der Waals surface area contributed by atoms with E-state index in [2.05, 4.69) is 15.5 Å². The number of carbonyl (C=O) groups is 2. The molecular weight excluding hydrogens is 363 g/mol. The molecule has 1 aromatic carbocycles. The molecule has 1 atom stereocenters. The number of nitrogens with zero attached hydrogens (tertiary/aromatic N) is 2. The molecule has 3 rings (SSSR count). The van der Waals surface area contributed by atoms with Gasteiger partial charge in [0.1, 0.15) is 11.9 Å². The summed E-state index contributed by atoms with van der Waals surface area (Å²) in [6.07, 6.45) is 1.92. The zero-order chi connectivity index (χ0) is 19.9. The zero-order valence-corrected chi connectivity index (χ0v) is 16.3. The van der Waals surface area contributed by atoms with Gasteiger partial charge in [0.05, 0.1) is 6.61 Å². The predicted molar refractivity (Wildman–Crippen MR) is 103 cm³/mol. The molecule has 0 bridgehead atoms. The largest absolute Gasteiger partial charge is 0.383 e. The molecule has 0 aromatic heterocycles. The highest BCUT2D eigenvalue weighted by molar-refractivity contribution is 5.90. The number of nitrogens with one attached hydrogen (secondary N) is 2. The molecule has 2 saturated heterocycles. The summed E-state index contributed by atoms with van der Waals surface area (Å²) in [6.45, 7) is 4.33. The molecule has 7 nitrogen and oxygen atoms in total.